The van der Waals surface area contributed by atoms with Gasteiger partial charge in [0.2, 0.25) is 27.7 Å². The highest BCUT2D eigenvalue weighted by Crippen LogP contribution is 2.47. The third kappa shape index (κ3) is 13.7. The number of fused-ring (bicyclic) bond motifs is 1. The normalized spacial score (nSPS) is 18.1. The van der Waals surface area contributed by atoms with Gasteiger partial charge in [-0.15, -0.1) is 11.3 Å². The average Bonchev–Trinajstić information content (AvgIpc) is 3.83. The van der Waals surface area contributed by atoms with Crippen molar-refractivity contribution in [3.8, 4) is 16.2 Å². The van der Waals surface area contributed by atoms with Crippen molar-refractivity contribution in [2.24, 2.45) is 0 Å². The summed E-state index contributed by atoms with van der Waals surface area (Å²) < 4.78 is 39.8. The van der Waals surface area contributed by atoms with Crippen molar-refractivity contribution in [3.63, 3.8) is 0 Å². The monoisotopic (exact) mass is 1090 g/mol. The summed E-state index contributed by atoms with van der Waals surface area (Å²) in [5.74, 6) is -4.46. The number of esters is 1. The van der Waals surface area contributed by atoms with Gasteiger partial charge in [-0.3, -0.25) is 34.2 Å². The fraction of sp³-hybridized carbons (Fsp3) is 0.453. The Morgan fingerprint density at radius 1 is 0.840 bits per heavy atom. The zero-order valence-corrected chi connectivity index (χ0v) is 44.5. The van der Waals surface area contributed by atoms with Crippen LogP contribution in [0, 0.1) is 0 Å². The van der Waals surface area contributed by atoms with Crippen molar-refractivity contribution in [3.05, 3.63) is 93.3 Å². The van der Waals surface area contributed by atoms with Crippen LogP contribution in [0.15, 0.2) is 66.7 Å². The van der Waals surface area contributed by atoms with E-state index in [2.05, 4.69) is 26.2 Å². The number of hydrogen-bond donors (Lipinski definition) is 5. The van der Waals surface area contributed by atoms with Crippen molar-refractivity contribution in [2.75, 3.05) is 55.3 Å². The quantitative estimate of drug-likeness (QED) is 0.0329. The molecular weight excluding hydrogens is 1030 g/mol. The number of amides is 5. The number of halogens is 1. The van der Waals surface area contributed by atoms with Crippen LogP contribution >= 0.6 is 22.9 Å². The molecule has 3 aromatic carbocycles. The van der Waals surface area contributed by atoms with E-state index in [0.717, 1.165) is 67.2 Å². The maximum atomic E-state index is 13.6. The highest BCUT2D eigenvalue weighted by Gasteiger charge is 2.46. The molecule has 3 saturated heterocycles. The number of unbranched alkanes of at least 4 members (excludes halogenated alkanes) is 2. The number of carboxylic acids is 1. The van der Waals surface area contributed by atoms with Gasteiger partial charge in [0.15, 0.2) is 17.2 Å². The molecule has 400 valence electrons. The molecule has 5 N–H and O–H groups in total. The van der Waals surface area contributed by atoms with E-state index in [0.29, 0.717) is 66.2 Å². The summed E-state index contributed by atoms with van der Waals surface area (Å²) in [6.45, 7) is 7.65. The first-order valence-corrected chi connectivity index (χ1v) is 28.0. The van der Waals surface area contributed by atoms with Gasteiger partial charge in [0.25, 0.3) is 11.8 Å². The van der Waals surface area contributed by atoms with Crippen LogP contribution in [-0.2, 0) is 39.7 Å². The van der Waals surface area contributed by atoms with E-state index in [1.165, 1.54) is 4.31 Å². The van der Waals surface area contributed by atoms with Gasteiger partial charge >= 0.3 is 11.9 Å². The number of carbonyl (C=O) groups is 7. The van der Waals surface area contributed by atoms with Crippen LogP contribution in [0.2, 0.25) is 5.02 Å². The highest BCUT2D eigenvalue weighted by atomic mass is 35.5. The second-order valence-electron chi connectivity index (χ2n) is 20.2. The summed E-state index contributed by atoms with van der Waals surface area (Å²) in [4.78, 5) is 92.2. The van der Waals surface area contributed by atoms with E-state index < -0.39 is 63.8 Å². The molecule has 0 radical (unpaired) electrons. The van der Waals surface area contributed by atoms with Crippen molar-refractivity contribution < 1.29 is 56.6 Å². The van der Waals surface area contributed by atoms with Crippen LogP contribution in [0.25, 0.3) is 10.4 Å². The minimum Gasteiger partial charge on any atom is -0.479 e. The number of nitrogens with one attached hydrogen (secondary N) is 4. The molecule has 4 aliphatic heterocycles. The van der Waals surface area contributed by atoms with Gasteiger partial charge in [0.05, 0.1) is 21.8 Å². The molecular formula is C53H62ClN7O12S2. The topological polar surface area (TPSA) is 250 Å². The third-order valence-corrected chi connectivity index (χ3v) is 17.0. The molecule has 0 saturated carbocycles. The molecule has 22 heteroatoms. The second-order valence-corrected chi connectivity index (χ2v) is 23.6. The molecule has 5 amide bonds. The Morgan fingerprint density at radius 3 is 2.25 bits per heavy atom. The number of rotatable bonds is 20. The molecule has 1 unspecified atom stereocenters. The Balaban J connectivity index is 0.740. The molecule has 3 fully saturated rings. The Hall–Kier alpha value is -6.39. The number of ether oxygens (including phenoxy) is 2. The molecule has 8 rings (SSSR count). The Bertz CT molecular complexity index is 2960. The number of benzene rings is 3. The summed E-state index contributed by atoms with van der Waals surface area (Å²) in [7, 11) is -3.68. The maximum Gasteiger partial charge on any atom is 0.352 e. The molecule has 1 aromatic heterocycles. The van der Waals surface area contributed by atoms with Gasteiger partial charge in [-0.2, -0.15) is 0 Å². The molecule has 1 atom stereocenters. The number of carbonyl (C=O) groups excluding carboxylic acids is 6. The lowest BCUT2D eigenvalue weighted by Gasteiger charge is -2.33. The Morgan fingerprint density at radius 2 is 1.53 bits per heavy atom. The van der Waals surface area contributed by atoms with Crippen LogP contribution in [0.5, 0.6) is 5.75 Å². The number of imide groups is 2. The first kappa shape index (κ1) is 54.9. The largest absolute Gasteiger partial charge is 0.479 e. The molecule has 4 aromatic rings. The number of carboxylic acid groups (broad SMARTS) is 1. The molecule has 5 heterocycles. The molecule has 19 nitrogen and oxygen atoms in total. The van der Waals surface area contributed by atoms with E-state index in [9.17, 15) is 47.1 Å². The number of piperidine rings is 3. The van der Waals surface area contributed by atoms with Gasteiger partial charge in [0.1, 0.15) is 16.7 Å². The predicted octanol–water partition coefficient (Wildman–Crippen LogP) is 7.37. The van der Waals surface area contributed by atoms with Gasteiger partial charge in [-0.25, -0.2) is 22.3 Å². The van der Waals surface area contributed by atoms with Crippen molar-refractivity contribution in [2.45, 2.75) is 114 Å². The molecule has 0 spiro atoms. The van der Waals surface area contributed by atoms with Crippen LogP contribution < -0.4 is 26.0 Å². The molecule has 75 heavy (non-hydrogen) atoms. The maximum absolute atomic E-state index is 13.6. The summed E-state index contributed by atoms with van der Waals surface area (Å²) in [6.07, 6.45) is 5.70. The van der Waals surface area contributed by atoms with Gasteiger partial charge in [-0.1, -0.05) is 48.4 Å². The first-order valence-electron chi connectivity index (χ1n) is 25.2. The fourth-order valence-electron chi connectivity index (χ4n) is 9.79. The third-order valence-electron chi connectivity index (χ3n) is 13.4. The first-order chi connectivity index (χ1) is 35.7. The van der Waals surface area contributed by atoms with E-state index in [1.54, 1.807) is 63.2 Å². The average molecular weight is 1090 g/mol. The van der Waals surface area contributed by atoms with Crippen molar-refractivity contribution in [1.29, 1.82) is 0 Å². The SMILES string of the molecule is CC(C)(C)OC(=O)c1sc(-c2cccc(NC3CCN(S(=O)(=O)Cc4cccc(NC(=O)CCCCCN5CCC(Nc6cccc7c6C(=O)N(C6CCC(=O)NC6=O)C7=O)CC5)c4)CC3)c2)c(Cl)c1OCC(=O)O. The van der Waals surface area contributed by atoms with Crippen molar-refractivity contribution >= 4 is 91.5 Å². The molecule has 4 aliphatic rings. The van der Waals surface area contributed by atoms with Gasteiger partial charge < -0.3 is 35.4 Å². The minimum absolute atomic E-state index is 0.0337. The summed E-state index contributed by atoms with van der Waals surface area (Å²) in [5.41, 5.74) is 2.77. The van der Waals surface area contributed by atoms with Gasteiger partial charge in [-0.05, 0) is 120 Å². The number of nitrogens with zero attached hydrogens (tertiary/aromatic N) is 3. The zero-order chi connectivity index (χ0) is 53.6. The minimum atomic E-state index is -3.68. The van der Waals surface area contributed by atoms with Crippen LogP contribution in [0.1, 0.15) is 121 Å². The summed E-state index contributed by atoms with van der Waals surface area (Å²) >= 11 is 7.76. The number of sulfonamides is 1. The number of anilines is 3. The summed E-state index contributed by atoms with van der Waals surface area (Å²) in [5, 5.41) is 21.5. The van der Waals surface area contributed by atoms with E-state index in [-0.39, 0.29) is 63.4 Å². The van der Waals surface area contributed by atoms with Crippen LogP contribution in [0.3, 0.4) is 0 Å². The second kappa shape index (κ2) is 23.7. The van der Waals surface area contributed by atoms with Crippen LogP contribution in [-0.4, -0.2) is 132 Å². The van der Waals surface area contributed by atoms with Crippen LogP contribution in [0.4, 0.5) is 17.1 Å². The smallest absolute Gasteiger partial charge is 0.352 e. The number of thiophene rings is 1. The lowest BCUT2D eigenvalue weighted by Crippen LogP contribution is -2.54. The number of hydrogen-bond acceptors (Lipinski definition) is 15. The number of likely N-dealkylation sites (tertiary alicyclic amines) is 1. The predicted molar refractivity (Wildman–Crippen MR) is 284 cm³/mol. The standard InChI is InChI=1S/C53H62ClN7O12S2/c1-53(2,3)73-52(69)48-46(72-30-43(64)65)45(54)47(74-48)33-11-8-13-37(29-33)55-34-21-26-60(27-22-34)75(70,71)31-32-10-7-12-36(28-32)57-41(62)16-5-4-6-23-59-24-19-35(20-25-59)56-39-15-9-14-38-44(39)51(68)61(50(38)67)40-17-18-42(63)58-49(40)66/h7-15,28-29,34-35,40,55-56H,4-6,16-27,30-31H2,1-3H3,(H,57,62)(H,64,65)(H,58,63,66). The highest BCUT2D eigenvalue weighted by molar-refractivity contribution is 7.88. The van der Waals surface area contributed by atoms with Gasteiger partial charge in [0, 0.05) is 68.2 Å². The van der Waals surface area contributed by atoms with E-state index in [4.69, 9.17) is 21.1 Å². The lowest BCUT2D eigenvalue weighted by molar-refractivity contribution is -0.139. The summed E-state index contributed by atoms with van der Waals surface area (Å²) in [6, 6.07) is 18.4. The lowest BCUT2D eigenvalue weighted by atomic mass is 10.0. The molecule has 0 aliphatic carbocycles. The van der Waals surface area contributed by atoms with E-state index in [1.807, 2.05) is 24.3 Å². The van der Waals surface area contributed by atoms with Crippen molar-refractivity contribution in [1.82, 2.24) is 19.4 Å². The zero-order valence-electron chi connectivity index (χ0n) is 42.1. The fourth-order valence-corrected chi connectivity index (χ4v) is 12.8. The van der Waals surface area contributed by atoms with E-state index >= 15 is 0 Å². The Kier molecular flexibility index (Phi) is 17.3. The number of aliphatic carboxylic acids is 1. The Labute approximate surface area is 444 Å². The molecule has 0 bridgehead atoms.